The minimum atomic E-state index is -0.326. The molecule has 0 radical (unpaired) electrons. The Morgan fingerprint density at radius 1 is 1.14 bits per heavy atom. The fourth-order valence-electron chi connectivity index (χ4n) is 2.60. The Morgan fingerprint density at radius 2 is 1.79 bits per heavy atom. The summed E-state index contributed by atoms with van der Waals surface area (Å²) in [5.74, 6) is -0.350. The lowest BCUT2D eigenvalue weighted by Gasteiger charge is -2.11. The maximum Gasteiger partial charge on any atom is 0.293 e. The molecule has 0 unspecified atom stereocenters. The highest BCUT2D eigenvalue weighted by atomic mass is 35.5. The smallest absolute Gasteiger partial charge is 0.293 e. The van der Waals surface area contributed by atoms with Crippen molar-refractivity contribution in [3.63, 3.8) is 0 Å². The quantitative estimate of drug-likeness (QED) is 0.505. The van der Waals surface area contributed by atoms with Gasteiger partial charge in [0.1, 0.15) is 12.4 Å². The lowest BCUT2D eigenvalue weighted by Crippen LogP contribution is -2.28. The number of imide groups is 1. The number of hydrogen-bond acceptors (Lipinski definition) is 4. The summed E-state index contributed by atoms with van der Waals surface area (Å²) in [7, 11) is 0. The Labute approximate surface area is 176 Å². The van der Waals surface area contributed by atoms with Gasteiger partial charge in [-0.3, -0.25) is 14.5 Å². The van der Waals surface area contributed by atoms with Crippen LogP contribution < -0.4 is 4.74 Å². The van der Waals surface area contributed by atoms with Gasteiger partial charge in [0.05, 0.1) is 15.0 Å². The molecule has 146 valence electrons. The van der Waals surface area contributed by atoms with Crippen LogP contribution in [-0.2, 0) is 11.4 Å². The Bertz CT molecular complexity index is 924. The van der Waals surface area contributed by atoms with Gasteiger partial charge in [-0.2, -0.15) is 0 Å². The second kappa shape index (κ2) is 8.99. The molecule has 1 saturated heterocycles. The summed E-state index contributed by atoms with van der Waals surface area (Å²) in [4.78, 5) is 25.8. The molecule has 1 aliphatic heterocycles. The van der Waals surface area contributed by atoms with E-state index in [1.165, 1.54) is 17.0 Å². The number of nitrogens with zero attached hydrogens (tertiary/aromatic N) is 1. The number of hydrogen-bond donors (Lipinski definition) is 0. The van der Waals surface area contributed by atoms with E-state index in [2.05, 4.69) is 0 Å². The standard InChI is InChI=1S/C20H16Cl2FNO3S/c1-2-7-24-19(25)17(28-20(24)26)10-13-8-15(21)18(16(22)9-13)27-11-12-3-5-14(23)6-4-12/h3-6,8-10H,2,7,11H2,1H3/b17-10+. The van der Waals surface area contributed by atoms with Crippen LogP contribution in [0.3, 0.4) is 0 Å². The summed E-state index contributed by atoms with van der Waals surface area (Å²) in [6.45, 7) is 2.46. The van der Waals surface area contributed by atoms with E-state index in [0.717, 1.165) is 17.3 Å². The zero-order valence-electron chi connectivity index (χ0n) is 14.9. The molecule has 0 N–H and O–H groups in total. The van der Waals surface area contributed by atoms with Gasteiger partial charge in [-0.25, -0.2) is 4.39 Å². The van der Waals surface area contributed by atoms with Crippen molar-refractivity contribution in [1.82, 2.24) is 4.90 Å². The van der Waals surface area contributed by atoms with Crippen LogP contribution in [0.2, 0.25) is 10.0 Å². The highest BCUT2D eigenvalue weighted by Gasteiger charge is 2.34. The Hall–Kier alpha value is -2.02. The monoisotopic (exact) mass is 439 g/mol. The minimum absolute atomic E-state index is 0.176. The van der Waals surface area contributed by atoms with E-state index in [-0.39, 0.29) is 33.6 Å². The lowest BCUT2D eigenvalue weighted by molar-refractivity contribution is -0.122. The number of carbonyl (C=O) groups excluding carboxylic acids is 2. The Kier molecular flexibility index (Phi) is 6.65. The van der Waals surface area contributed by atoms with Crippen LogP contribution in [0.4, 0.5) is 9.18 Å². The van der Waals surface area contributed by atoms with Crippen molar-refractivity contribution >= 4 is 52.2 Å². The second-order valence-electron chi connectivity index (χ2n) is 6.06. The first-order valence-electron chi connectivity index (χ1n) is 8.50. The molecular weight excluding hydrogens is 424 g/mol. The molecule has 1 heterocycles. The van der Waals surface area contributed by atoms with Crippen molar-refractivity contribution in [3.05, 3.63) is 68.3 Å². The zero-order valence-corrected chi connectivity index (χ0v) is 17.2. The van der Waals surface area contributed by atoms with Crippen molar-refractivity contribution in [1.29, 1.82) is 0 Å². The van der Waals surface area contributed by atoms with E-state index in [4.69, 9.17) is 27.9 Å². The molecule has 2 aromatic carbocycles. The van der Waals surface area contributed by atoms with Crippen molar-refractivity contribution in [2.45, 2.75) is 20.0 Å². The number of thioether (sulfide) groups is 1. The van der Waals surface area contributed by atoms with E-state index in [1.807, 2.05) is 6.92 Å². The summed E-state index contributed by atoms with van der Waals surface area (Å²) in [6.07, 6.45) is 2.28. The predicted molar refractivity (Wildman–Crippen MR) is 110 cm³/mol. The van der Waals surface area contributed by atoms with E-state index in [0.29, 0.717) is 29.2 Å². The van der Waals surface area contributed by atoms with E-state index < -0.39 is 0 Å². The van der Waals surface area contributed by atoms with Crippen LogP contribution in [0.5, 0.6) is 5.75 Å². The summed E-state index contributed by atoms with van der Waals surface area (Å²) in [5, 5.41) is 0.261. The number of rotatable bonds is 6. The molecule has 2 amide bonds. The SMILES string of the molecule is CCCN1C(=O)S/C(=C/c2cc(Cl)c(OCc3ccc(F)cc3)c(Cl)c2)C1=O. The molecule has 0 bridgehead atoms. The summed E-state index contributed by atoms with van der Waals surface area (Å²) in [6, 6.07) is 9.13. The van der Waals surface area contributed by atoms with Gasteiger partial charge in [0.2, 0.25) is 0 Å². The lowest BCUT2D eigenvalue weighted by atomic mass is 10.2. The average Bonchev–Trinajstić information content (AvgIpc) is 2.90. The van der Waals surface area contributed by atoms with Crippen LogP contribution in [0.25, 0.3) is 6.08 Å². The zero-order chi connectivity index (χ0) is 20.3. The van der Waals surface area contributed by atoms with Gasteiger partial charge >= 0.3 is 0 Å². The molecule has 0 aromatic heterocycles. The van der Waals surface area contributed by atoms with Gasteiger partial charge in [-0.1, -0.05) is 42.3 Å². The topological polar surface area (TPSA) is 46.6 Å². The van der Waals surface area contributed by atoms with Gasteiger partial charge in [-0.05, 0) is 59.7 Å². The maximum absolute atomic E-state index is 13.0. The van der Waals surface area contributed by atoms with Crippen molar-refractivity contribution in [2.24, 2.45) is 0 Å². The van der Waals surface area contributed by atoms with Crippen LogP contribution in [0, 0.1) is 5.82 Å². The fourth-order valence-corrected chi connectivity index (χ4v) is 4.08. The number of amides is 2. The van der Waals surface area contributed by atoms with Crippen LogP contribution in [0.1, 0.15) is 24.5 Å². The summed E-state index contributed by atoms with van der Waals surface area (Å²) in [5.41, 5.74) is 1.35. The highest BCUT2D eigenvalue weighted by molar-refractivity contribution is 8.18. The first kappa shape index (κ1) is 20.7. The number of halogens is 3. The van der Waals surface area contributed by atoms with Crippen LogP contribution in [-0.4, -0.2) is 22.6 Å². The molecule has 0 atom stereocenters. The molecule has 0 spiro atoms. The molecular formula is C20H16Cl2FNO3S. The normalized spacial score (nSPS) is 15.6. The molecule has 4 nitrogen and oxygen atoms in total. The number of ether oxygens (including phenoxy) is 1. The molecule has 2 aromatic rings. The fraction of sp³-hybridized carbons (Fsp3) is 0.200. The third-order valence-electron chi connectivity index (χ3n) is 3.94. The third kappa shape index (κ3) is 4.69. The number of benzene rings is 2. The first-order valence-corrected chi connectivity index (χ1v) is 10.1. The molecule has 28 heavy (non-hydrogen) atoms. The van der Waals surface area contributed by atoms with Crippen molar-refractivity contribution < 1.29 is 18.7 Å². The van der Waals surface area contributed by atoms with Gasteiger partial charge in [0.25, 0.3) is 11.1 Å². The molecule has 3 rings (SSSR count). The maximum atomic E-state index is 13.0. The molecule has 8 heteroatoms. The summed E-state index contributed by atoms with van der Waals surface area (Å²) >= 11 is 13.5. The summed E-state index contributed by atoms with van der Waals surface area (Å²) < 4.78 is 18.6. The molecule has 1 fully saturated rings. The molecule has 0 saturated carbocycles. The average molecular weight is 440 g/mol. The first-order chi connectivity index (χ1) is 13.4. The van der Waals surface area contributed by atoms with E-state index in [1.54, 1.807) is 30.3 Å². The second-order valence-corrected chi connectivity index (χ2v) is 7.87. The minimum Gasteiger partial charge on any atom is -0.486 e. The highest BCUT2D eigenvalue weighted by Crippen LogP contribution is 2.37. The number of carbonyl (C=O) groups is 2. The largest absolute Gasteiger partial charge is 0.486 e. The van der Waals surface area contributed by atoms with E-state index >= 15 is 0 Å². The third-order valence-corrected chi connectivity index (χ3v) is 5.40. The van der Waals surface area contributed by atoms with Gasteiger partial charge in [-0.15, -0.1) is 0 Å². The predicted octanol–water partition coefficient (Wildman–Crippen LogP) is 6.16. The van der Waals surface area contributed by atoms with Crippen molar-refractivity contribution in [3.8, 4) is 5.75 Å². The van der Waals surface area contributed by atoms with Gasteiger partial charge in [0, 0.05) is 6.54 Å². The Morgan fingerprint density at radius 3 is 2.39 bits per heavy atom. The van der Waals surface area contributed by atoms with Gasteiger partial charge in [0.15, 0.2) is 5.75 Å². The van der Waals surface area contributed by atoms with Crippen molar-refractivity contribution in [2.75, 3.05) is 6.54 Å². The molecule has 1 aliphatic rings. The van der Waals surface area contributed by atoms with E-state index in [9.17, 15) is 14.0 Å². The molecule has 0 aliphatic carbocycles. The van der Waals surface area contributed by atoms with Crippen LogP contribution in [0.15, 0.2) is 41.3 Å². The van der Waals surface area contributed by atoms with Crippen LogP contribution >= 0.6 is 35.0 Å². The Balaban J connectivity index is 1.77. The van der Waals surface area contributed by atoms with Gasteiger partial charge < -0.3 is 4.74 Å².